The smallest absolute Gasteiger partial charge is 0.326 e. The lowest BCUT2D eigenvalue weighted by Gasteiger charge is -2.35. The van der Waals surface area contributed by atoms with Crippen molar-refractivity contribution in [3.05, 3.63) is 36.8 Å². The summed E-state index contributed by atoms with van der Waals surface area (Å²) >= 11 is 0. The molecule has 0 spiro atoms. The zero-order chi connectivity index (χ0) is 65.4. The fourth-order valence-electron chi connectivity index (χ4n) is 9.21. The van der Waals surface area contributed by atoms with Crippen LogP contribution in [0.3, 0.4) is 0 Å². The number of nitrogens with zero attached hydrogens (tertiary/aromatic N) is 1. The van der Waals surface area contributed by atoms with Gasteiger partial charge in [-0.1, -0.05) is 41.5 Å². The predicted molar refractivity (Wildman–Crippen MR) is 319 cm³/mol. The first-order valence-corrected chi connectivity index (χ1v) is 30.6. The molecular weight excluding hydrogens is 1140 g/mol. The molecule has 486 valence electrons. The van der Waals surface area contributed by atoms with Crippen LogP contribution in [0.1, 0.15) is 156 Å². The van der Waals surface area contributed by atoms with Gasteiger partial charge in [0.25, 0.3) is 5.91 Å². The number of carboxylic acids is 3. The van der Waals surface area contributed by atoms with Crippen molar-refractivity contribution in [1.82, 2.24) is 36.6 Å². The van der Waals surface area contributed by atoms with Gasteiger partial charge in [0.1, 0.15) is 24.7 Å². The number of amides is 8. The Bertz CT molecular complexity index is 2520. The van der Waals surface area contributed by atoms with Crippen LogP contribution in [0.2, 0.25) is 0 Å². The third-order valence-electron chi connectivity index (χ3n) is 13.8. The molecule has 0 aromatic heterocycles. The third-order valence-corrected chi connectivity index (χ3v) is 15.2. The summed E-state index contributed by atoms with van der Waals surface area (Å²) in [6.07, 6.45) is 1.43. The van der Waals surface area contributed by atoms with Crippen LogP contribution >= 0.6 is 0 Å². The number of carbonyl (C=O) groups excluding carboxylic acids is 8. The number of primary amides is 1. The van der Waals surface area contributed by atoms with E-state index in [0.717, 1.165) is 25.1 Å². The lowest BCUT2D eigenvalue weighted by molar-refractivity contribution is -0.149. The normalized spacial score (nSPS) is 13.2. The van der Waals surface area contributed by atoms with Crippen LogP contribution < -0.4 is 47.3 Å². The Morgan fingerprint density at radius 3 is 1.79 bits per heavy atom. The molecule has 1 rings (SSSR count). The van der Waals surface area contributed by atoms with Crippen molar-refractivity contribution in [1.29, 1.82) is 0 Å². The molecule has 1 aromatic carbocycles. The fraction of sp³-hybridized carbons (Fsp3) is 0.690. The van der Waals surface area contributed by atoms with Gasteiger partial charge in [-0.15, -0.1) is 0 Å². The lowest BCUT2D eigenvalue weighted by atomic mass is 9.73. The number of sulfonamides is 1. The van der Waals surface area contributed by atoms with Gasteiger partial charge < -0.3 is 67.3 Å². The number of aliphatic carboxylic acids is 3. The van der Waals surface area contributed by atoms with Crippen LogP contribution in [0, 0.1) is 35.0 Å². The molecule has 0 bridgehead atoms. The highest BCUT2D eigenvalue weighted by molar-refractivity contribution is 7.90. The first-order chi connectivity index (χ1) is 40.0. The van der Waals surface area contributed by atoms with E-state index >= 15 is 0 Å². The first kappa shape index (κ1) is 76.9. The van der Waals surface area contributed by atoms with E-state index in [2.05, 4.69) is 43.7 Å². The molecule has 0 saturated heterocycles. The van der Waals surface area contributed by atoms with E-state index in [9.17, 15) is 76.5 Å². The molecule has 28 heteroatoms. The summed E-state index contributed by atoms with van der Waals surface area (Å²) in [5.41, 5.74) is 4.38. The Morgan fingerprint density at radius 2 is 1.22 bits per heavy atom. The molecule has 0 aliphatic rings. The summed E-state index contributed by atoms with van der Waals surface area (Å²) in [4.78, 5) is 139. The van der Waals surface area contributed by atoms with Gasteiger partial charge in [-0.05, 0) is 106 Å². The molecule has 86 heavy (non-hydrogen) atoms. The van der Waals surface area contributed by atoms with E-state index < -0.39 is 122 Å². The molecule has 0 saturated carbocycles. The molecule has 12 N–H and O–H groups in total. The van der Waals surface area contributed by atoms with Crippen molar-refractivity contribution in [2.45, 2.75) is 163 Å². The molecule has 0 radical (unpaired) electrons. The highest BCUT2D eigenvalue weighted by Crippen LogP contribution is 2.36. The van der Waals surface area contributed by atoms with Gasteiger partial charge in [-0.3, -0.25) is 47.9 Å². The van der Waals surface area contributed by atoms with Crippen molar-refractivity contribution in [2.24, 2.45) is 33.8 Å². The van der Waals surface area contributed by atoms with Crippen molar-refractivity contribution in [3.63, 3.8) is 0 Å². The van der Waals surface area contributed by atoms with Gasteiger partial charge in [-0.25, -0.2) is 18.0 Å². The van der Waals surface area contributed by atoms with E-state index in [1.165, 1.54) is 13.8 Å². The Hall–Kier alpha value is -7.07. The summed E-state index contributed by atoms with van der Waals surface area (Å²) in [6.45, 7) is 18.4. The summed E-state index contributed by atoms with van der Waals surface area (Å²) in [6, 6.07) is 3.32. The van der Waals surface area contributed by atoms with E-state index in [-0.39, 0.29) is 103 Å². The number of nitrogens with two attached hydrogens (primary N) is 1. The molecule has 8 amide bonds. The van der Waals surface area contributed by atoms with Crippen LogP contribution in [0.5, 0.6) is 0 Å². The van der Waals surface area contributed by atoms with E-state index in [1.807, 2.05) is 37.7 Å². The summed E-state index contributed by atoms with van der Waals surface area (Å²) in [5, 5.41) is 44.4. The minimum atomic E-state index is -4.14. The lowest BCUT2D eigenvalue weighted by Crippen LogP contribution is -2.45. The van der Waals surface area contributed by atoms with Gasteiger partial charge in [0, 0.05) is 82.5 Å². The topological polar surface area (TPSA) is 415 Å². The third kappa shape index (κ3) is 33.0. The fourth-order valence-corrected chi connectivity index (χ4v) is 10.3. The van der Waals surface area contributed by atoms with Crippen LogP contribution in [0.25, 0.3) is 0 Å². The van der Waals surface area contributed by atoms with Crippen LogP contribution in [-0.2, 0) is 67.4 Å². The van der Waals surface area contributed by atoms with Crippen molar-refractivity contribution in [2.75, 3.05) is 70.3 Å². The quantitative estimate of drug-likeness (QED) is 0.0330. The van der Waals surface area contributed by atoms with Crippen molar-refractivity contribution in [3.8, 4) is 0 Å². The molecule has 1 aromatic rings. The first-order valence-electron chi connectivity index (χ1n) is 29.0. The van der Waals surface area contributed by atoms with E-state index in [1.54, 1.807) is 39.8 Å². The minimum Gasteiger partial charge on any atom is -0.481 e. The van der Waals surface area contributed by atoms with Gasteiger partial charge in [0.2, 0.25) is 51.4 Å². The maximum Gasteiger partial charge on any atom is 0.326 e. The van der Waals surface area contributed by atoms with Gasteiger partial charge in [0.15, 0.2) is 0 Å². The van der Waals surface area contributed by atoms with Crippen LogP contribution in [0.4, 0.5) is 5.69 Å². The van der Waals surface area contributed by atoms with Gasteiger partial charge in [-0.2, -0.15) is 0 Å². The van der Waals surface area contributed by atoms with Gasteiger partial charge in [0.05, 0.1) is 44.3 Å². The number of ether oxygens (including phenoxy) is 2. The molecule has 27 nitrogen and oxygen atoms in total. The number of hydrogen-bond acceptors (Lipinski definition) is 16. The molecule has 0 aliphatic carbocycles. The van der Waals surface area contributed by atoms with Crippen molar-refractivity contribution < 1.29 is 86.0 Å². The second kappa shape index (κ2) is 38.2. The Kier molecular flexibility index (Phi) is 34.1. The largest absolute Gasteiger partial charge is 0.481 e. The number of benzene rings is 1. The molecular formula is C58H96N9O18S+. The SMILES string of the molecule is [CH2+]CCCN(C)c1ccc(C(=O)NCCCCC(NC(=O)COCCOCCNC(=O)CCC(NC(=O)CCC(NC(=O)CC(C)(C)CC(C)(C)CNC(=O)CCCS(=O)(=O)NC(=O)C(CC(C)(C)C(=O)O)C(C)C)C(=O)O)C(=O)O)C(N)=O)cc1. The summed E-state index contributed by atoms with van der Waals surface area (Å²) in [7, 11) is -2.16. The van der Waals surface area contributed by atoms with Gasteiger partial charge >= 0.3 is 17.9 Å². The molecule has 4 unspecified atom stereocenters. The number of anilines is 1. The maximum absolute atomic E-state index is 13.1. The number of rotatable bonds is 46. The Labute approximate surface area is 506 Å². The predicted octanol–water partition coefficient (Wildman–Crippen LogP) is 2.40. The molecule has 0 heterocycles. The Morgan fingerprint density at radius 1 is 0.651 bits per heavy atom. The highest BCUT2D eigenvalue weighted by atomic mass is 32.2. The highest BCUT2D eigenvalue weighted by Gasteiger charge is 2.37. The number of carbonyl (C=O) groups is 11. The average Bonchev–Trinajstić information content (AvgIpc) is 3.62. The van der Waals surface area contributed by atoms with Crippen molar-refractivity contribution >= 4 is 80.9 Å². The monoisotopic (exact) mass is 1240 g/mol. The average molecular weight is 1240 g/mol. The summed E-state index contributed by atoms with van der Waals surface area (Å²) in [5.74, 6) is -10.6. The minimum absolute atomic E-state index is 0.00369. The van der Waals surface area contributed by atoms with E-state index in [4.69, 9.17) is 15.2 Å². The molecule has 4 atom stereocenters. The number of unbranched alkanes of at least 4 members (excludes halogenated alkanes) is 2. The zero-order valence-corrected chi connectivity index (χ0v) is 52.4. The number of nitrogens with one attached hydrogen (secondary N) is 7. The molecule has 0 fully saturated rings. The standard InChI is InChI=1S/C58H95N9O18S/c1-11-12-28-67(10)40-20-18-39(19-21-40)51(74)61-26-14-13-16-42(50(59)73)63-49(72)35-85-31-30-84-29-27-60-46(69)24-22-43(53(76)77)64-47(70)25-23-44(54(78)79)65-48(71)34-56(4,5)36-57(6,7)37-62-45(68)17-15-32-86(82,83)66-52(75)41(38(2)3)33-58(8,9)55(80)81/h18-21,38,41-44H,1,11-17,22-37H2,2-10H3,(H11-,59,60,61,62,63,64,65,66,68,69,70,71,72,73,74,75,76,77,78,79,80,81)/p+1. The Balaban J connectivity index is 2.41. The second-order valence-corrected chi connectivity index (χ2v) is 25.9. The maximum atomic E-state index is 13.1. The second-order valence-electron chi connectivity index (χ2n) is 24.0. The summed E-state index contributed by atoms with van der Waals surface area (Å²) < 4.78 is 38.1. The molecule has 0 aliphatic heterocycles. The number of carboxylic acid groups (broad SMARTS) is 3. The number of hydrogen-bond donors (Lipinski definition) is 11. The van der Waals surface area contributed by atoms with Crippen LogP contribution in [0.15, 0.2) is 24.3 Å². The van der Waals surface area contributed by atoms with E-state index in [0.29, 0.717) is 31.4 Å². The zero-order valence-electron chi connectivity index (χ0n) is 51.6. The van der Waals surface area contributed by atoms with Crippen LogP contribution in [-0.4, -0.2) is 172 Å².